The smallest absolute Gasteiger partial charge is 0.357 e. The summed E-state index contributed by atoms with van der Waals surface area (Å²) in [5.41, 5.74) is 1.08. The number of rotatable bonds is 6. The highest BCUT2D eigenvalue weighted by Crippen LogP contribution is 2.30. The lowest BCUT2D eigenvalue weighted by molar-refractivity contribution is -0.132. The maximum atomic E-state index is 12.8. The molecule has 2 atom stereocenters. The van der Waals surface area contributed by atoms with Crippen molar-refractivity contribution in [2.75, 3.05) is 13.2 Å². The van der Waals surface area contributed by atoms with Gasteiger partial charge in [0, 0.05) is 31.1 Å². The maximum Gasteiger partial charge on any atom is 0.357 e. The molecule has 1 aromatic carbocycles. The van der Waals surface area contributed by atoms with Crippen LogP contribution in [-0.4, -0.2) is 41.8 Å². The summed E-state index contributed by atoms with van der Waals surface area (Å²) in [5.74, 6) is -1.10. The Balaban J connectivity index is 1.74. The van der Waals surface area contributed by atoms with Crippen LogP contribution in [0.3, 0.4) is 0 Å². The number of nitrogens with zero attached hydrogens (tertiary/aromatic N) is 1. The average molecular weight is 393 g/mol. The Labute approximate surface area is 163 Å². The number of carbonyl (C=O) groups excluding carboxylic acids is 2. The molecule has 146 valence electrons. The Morgan fingerprint density at radius 2 is 2.11 bits per heavy atom. The molecule has 2 aromatic rings. The highest BCUT2D eigenvalue weighted by molar-refractivity contribution is 6.38. The highest BCUT2D eigenvalue weighted by Gasteiger charge is 2.30. The van der Waals surface area contributed by atoms with E-state index in [4.69, 9.17) is 21.1 Å². The van der Waals surface area contributed by atoms with E-state index in [0.29, 0.717) is 11.6 Å². The third kappa shape index (κ3) is 4.12. The van der Waals surface area contributed by atoms with Crippen LogP contribution in [-0.2, 0) is 21.3 Å². The number of carbonyl (C=O) groups is 2. The molecule has 1 aliphatic heterocycles. The van der Waals surface area contributed by atoms with Crippen LogP contribution in [0, 0.1) is 5.92 Å². The van der Waals surface area contributed by atoms with E-state index in [1.807, 2.05) is 38.1 Å². The number of esters is 1. The molecule has 0 saturated carbocycles. The van der Waals surface area contributed by atoms with E-state index >= 15 is 0 Å². The lowest BCUT2D eigenvalue weighted by Gasteiger charge is -2.22. The van der Waals surface area contributed by atoms with Gasteiger partial charge in [-0.25, -0.2) is 4.79 Å². The molecule has 27 heavy (non-hydrogen) atoms. The number of aryl methyl sites for hydroxylation is 1. The third-order valence-electron chi connectivity index (χ3n) is 4.86. The molecule has 0 aliphatic carbocycles. The van der Waals surface area contributed by atoms with Crippen molar-refractivity contribution in [1.82, 2.24) is 9.88 Å². The predicted octanol–water partition coefficient (Wildman–Crippen LogP) is 3.31. The topological polar surface area (TPSA) is 69.6 Å². The molecule has 3 rings (SSSR count). The van der Waals surface area contributed by atoms with Gasteiger partial charge in [0.05, 0.1) is 11.1 Å². The Hall–Kier alpha value is -2.05. The lowest BCUT2D eigenvalue weighted by Crippen LogP contribution is -2.43. The summed E-state index contributed by atoms with van der Waals surface area (Å²) < 4.78 is 12.8. The normalized spacial score (nSPS) is 18.0. The first-order chi connectivity index (χ1) is 12.9. The minimum absolute atomic E-state index is 0.0325. The molecule has 2 unspecified atom stereocenters. The van der Waals surface area contributed by atoms with Crippen LogP contribution in [0.5, 0.6) is 0 Å². The first-order valence-corrected chi connectivity index (χ1v) is 9.61. The summed E-state index contributed by atoms with van der Waals surface area (Å²) in [6, 6.07) is 7.47. The Bertz CT molecular complexity index is 801. The van der Waals surface area contributed by atoms with Crippen LogP contribution < -0.4 is 5.32 Å². The number of benzene rings is 1. The molecule has 0 spiro atoms. The zero-order chi connectivity index (χ0) is 19.6. The molecule has 0 radical (unpaired) electrons. The molecule has 7 heteroatoms. The third-order valence-corrected chi connectivity index (χ3v) is 5.25. The molecule has 1 aliphatic rings. The fourth-order valence-electron chi connectivity index (χ4n) is 3.36. The molecule has 0 bridgehead atoms. The predicted molar refractivity (Wildman–Crippen MR) is 104 cm³/mol. The number of halogens is 1. The van der Waals surface area contributed by atoms with E-state index in [0.717, 1.165) is 30.4 Å². The SMILES string of the molecule is CC(C)C(OC(=O)c1c(Cl)c2ccccc2n1C)C(=O)NCC1CCCO1. The Kier molecular flexibility index (Phi) is 6.07. The van der Waals surface area contributed by atoms with Crippen molar-refractivity contribution in [1.29, 1.82) is 0 Å². The number of para-hydroxylation sites is 1. The molecular weight excluding hydrogens is 368 g/mol. The van der Waals surface area contributed by atoms with E-state index in [2.05, 4.69) is 5.32 Å². The number of hydrogen-bond acceptors (Lipinski definition) is 4. The van der Waals surface area contributed by atoms with Crippen LogP contribution in [0.1, 0.15) is 37.2 Å². The van der Waals surface area contributed by atoms with Crippen molar-refractivity contribution in [3.8, 4) is 0 Å². The average Bonchev–Trinajstić information content (AvgIpc) is 3.25. The lowest BCUT2D eigenvalue weighted by atomic mass is 10.1. The summed E-state index contributed by atoms with van der Waals surface area (Å²) in [7, 11) is 1.76. The second kappa shape index (κ2) is 8.31. The minimum atomic E-state index is -0.895. The van der Waals surface area contributed by atoms with Gasteiger partial charge in [-0.3, -0.25) is 4.79 Å². The van der Waals surface area contributed by atoms with Gasteiger partial charge in [0.2, 0.25) is 0 Å². The van der Waals surface area contributed by atoms with Gasteiger partial charge in [-0.05, 0) is 24.8 Å². The second-order valence-corrected chi connectivity index (χ2v) is 7.57. The van der Waals surface area contributed by atoms with E-state index in [-0.39, 0.29) is 23.6 Å². The maximum absolute atomic E-state index is 12.8. The van der Waals surface area contributed by atoms with Crippen molar-refractivity contribution in [2.45, 2.75) is 38.9 Å². The number of hydrogen-bond donors (Lipinski definition) is 1. The van der Waals surface area contributed by atoms with Crippen LogP contribution in [0.15, 0.2) is 24.3 Å². The molecule has 1 amide bonds. The van der Waals surface area contributed by atoms with Crippen molar-refractivity contribution >= 4 is 34.4 Å². The Morgan fingerprint density at radius 1 is 1.37 bits per heavy atom. The van der Waals surface area contributed by atoms with Gasteiger partial charge in [-0.2, -0.15) is 0 Å². The van der Waals surface area contributed by atoms with E-state index in [9.17, 15) is 9.59 Å². The fraction of sp³-hybridized carbons (Fsp3) is 0.500. The zero-order valence-electron chi connectivity index (χ0n) is 15.8. The van der Waals surface area contributed by atoms with Crippen molar-refractivity contribution < 1.29 is 19.1 Å². The van der Waals surface area contributed by atoms with Gasteiger partial charge < -0.3 is 19.4 Å². The summed E-state index contributed by atoms with van der Waals surface area (Å²) in [5, 5.41) is 3.95. The van der Waals surface area contributed by atoms with Crippen LogP contribution in [0.4, 0.5) is 0 Å². The minimum Gasteiger partial charge on any atom is -0.447 e. The first-order valence-electron chi connectivity index (χ1n) is 9.23. The summed E-state index contributed by atoms with van der Waals surface area (Å²) >= 11 is 6.41. The first kappa shape index (κ1) is 19.7. The van der Waals surface area contributed by atoms with Gasteiger partial charge in [0.15, 0.2) is 6.10 Å². The van der Waals surface area contributed by atoms with E-state index in [1.54, 1.807) is 11.6 Å². The molecule has 1 saturated heterocycles. The standard InChI is InChI=1S/C20H25ClN2O4/c1-12(2)18(19(24)22-11-13-7-6-10-26-13)27-20(25)17-16(21)14-8-4-5-9-15(14)23(17)3/h4-5,8-9,12-13,18H,6-7,10-11H2,1-3H3,(H,22,24). The number of nitrogens with one attached hydrogen (secondary N) is 1. The molecule has 1 aromatic heterocycles. The van der Waals surface area contributed by atoms with Crippen molar-refractivity contribution in [2.24, 2.45) is 13.0 Å². The molecular formula is C20H25ClN2O4. The second-order valence-electron chi connectivity index (χ2n) is 7.19. The molecule has 1 fully saturated rings. The number of ether oxygens (including phenoxy) is 2. The van der Waals surface area contributed by atoms with Crippen LogP contribution in [0.25, 0.3) is 10.9 Å². The summed E-state index contributed by atoms with van der Waals surface area (Å²) in [6.07, 6.45) is 1.07. The largest absolute Gasteiger partial charge is 0.447 e. The monoisotopic (exact) mass is 392 g/mol. The highest BCUT2D eigenvalue weighted by atomic mass is 35.5. The van der Waals surface area contributed by atoms with E-state index in [1.165, 1.54) is 0 Å². The quantitative estimate of drug-likeness (QED) is 0.766. The number of aromatic nitrogens is 1. The zero-order valence-corrected chi connectivity index (χ0v) is 16.6. The van der Waals surface area contributed by atoms with Gasteiger partial charge in [-0.15, -0.1) is 0 Å². The van der Waals surface area contributed by atoms with Crippen LogP contribution >= 0.6 is 11.6 Å². The molecule has 6 nitrogen and oxygen atoms in total. The van der Waals surface area contributed by atoms with Gasteiger partial charge in [-0.1, -0.05) is 43.6 Å². The van der Waals surface area contributed by atoms with Crippen LogP contribution in [0.2, 0.25) is 5.02 Å². The molecule has 1 N–H and O–H groups in total. The van der Waals surface area contributed by atoms with E-state index < -0.39 is 12.1 Å². The summed E-state index contributed by atoms with van der Waals surface area (Å²) in [4.78, 5) is 25.4. The van der Waals surface area contributed by atoms with Crippen molar-refractivity contribution in [3.05, 3.63) is 35.0 Å². The van der Waals surface area contributed by atoms with Gasteiger partial charge in [0.1, 0.15) is 5.69 Å². The number of fused-ring (bicyclic) bond motifs is 1. The van der Waals surface area contributed by atoms with Gasteiger partial charge >= 0.3 is 5.97 Å². The molecule has 2 heterocycles. The summed E-state index contributed by atoms with van der Waals surface area (Å²) in [6.45, 7) is 4.83. The fourth-order valence-corrected chi connectivity index (χ4v) is 3.72. The van der Waals surface area contributed by atoms with Gasteiger partial charge in [0.25, 0.3) is 5.91 Å². The Morgan fingerprint density at radius 3 is 2.74 bits per heavy atom. The number of amides is 1. The van der Waals surface area contributed by atoms with Crippen molar-refractivity contribution in [3.63, 3.8) is 0 Å².